The van der Waals surface area contributed by atoms with Gasteiger partial charge in [-0.05, 0) is 25.1 Å². The summed E-state index contributed by atoms with van der Waals surface area (Å²) >= 11 is 0. The Hall–Kier alpha value is -4.02. The molecule has 1 atom stereocenters. The van der Waals surface area contributed by atoms with Crippen molar-refractivity contribution in [2.45, 2.75) is 25.8 Å². The van der Waals surface area contributed by atoms with Crippen LogP contribution in [0.3, 0.4) is 0 Å². The maximum Gasteiger partial charge on any atom is 0.292 e. The second kappa shape index (κ2) is 7.29. The average molecular weight is 440 g/mol. The molecular weight excluding hydrogens is 422 g/mol. The fourth-order valence-electron chi connectivity index (χ4n) is 3.99. The van der Waals surface area contributed by atoms with E-state index in [4.69, 9.17) is 4.42 Å². The lowest BCUT2D eigenvalue weighted by molar-refractivity contribution is 0.0638. The van der Waals surface area contributed by atoms with E-state index in [0.29, 0.717) is 17.8 Å². The standard InChI is InChI=1S/C21H18F2N6O3/c1-10-4-3-5-12-8-14(27-29(10)12)17-15-13(24-9-25-15)6-7-28(17)21(31)18-16(19(22)23)26-20(32-18)11(2)30/h3-5,8-9,17,19,30H,2,6-7H2,1H3,(H,24,25). The van der Waals surface area contributed by atoms with E-state index in [9.17, 15) is 18.7 Å². The monoisotopic (exact) mass is 440 g/mol. The topological polar surface area (TPSA) is 113 Å². The van der Waals surface area contributed by atoms with Crippen molar-refractivity contribution >= 4 is 17.2 Å². The number of aromatic nitrogens is 5. The molecule has 0 fully saturated rings. The molecule has 11 heteroatoms. The van der Waals surface area contributed by atoms with Gasteiger partial charge < -0.3 is 19.4 Å². The zero-order valence-electron chi connectivity index (χ0n) is 16.9. The second-order valence-electron chi connectivity index (χ2n) is 7.47. The molecule has 9 nitrogen and oxygen atoms in total. The summed E-state index contributed by atoms with van der Waals surface area (Å²) in [7, 11) is 0. The van der Waals surface area contributed by atoms with Gasteiger partial charge in [0.15, 0.2) is 11.5 Å². The molecule has 0 bridgehead atoms. The fraction of sp³-hybridized carbons (Fsp3) is 0.238. The van der Waals surface area contributed by atoms with Crippen LogP contribution in [0.5, 0.6) is 0 Å². The van der Waals surface area contributed by atoms with Crippen LogP contribution in [0, 0.1) is 6.92 Å². The Kier molecular flexibility index (Phi) is 4.54. The van der Waals surface area contributed by atoms with Crippen LogP contribution in [0.25, 0.3) is 11.3 Å². The number of carbonyl (C=O) groups is 1. The summed E-state index contributed by atoms with van der Waals surface area (Å²) in [6, 6.07) is 6.78. The molecular formula is C21H18F2N6O3. The molecule has 4 aromatic heterocycles. The summed E-state index contributed by atoms with van der Waals surface area (Å²) in [6.45, 7) is 5.35. The van der Waals surface area contributed by atoms with Gasteiger partial charge in [-0.1, -0.05) is 12.6 Å². The highest BCUT2D eigenvalue weighted by Crippen LogP contribution is 2.36. The molecule has 0 aromatic carbocycles. The summed E-state index contributed by atoms with van der Waals surface area (Å²) < 4.78 is 34.1. The van der Waals surface area contributed by atoms with Crippen LogP contribution in [0.2, 0.25) is 0 Å². The average Bonchev–Trinajstić information content (AvgIpc) is 3.49. The number of halogens is 2. The Labute approximate surface area is 180 Å². The summed E-state index contributed by atoms with van der Waals surface area (Å²) in [4.78, 5) is 25.8. The maximum absolute atomic E-state index is 13.6. The zero-order valence-corrected chi connectivity index (χ0v) is 16.9. The van der Waals surface area contributed by atoms with E-state index in [0.717, 1.165) is 16.9 Å². The number of carbonyl (C=O) groups excluding carboxylic acids is 1. The van der Waals surface area contributed by atoms with Gasteiger partial charge in [0.1, 0.15) is 6.04 Å². The van der Waals surface area contributed by atoms with Crippen LogP contribution in [0.15, 0.2) is 41.6 Å². The quantitative estimate of drug-likeness (QED) is 0.469. The normalized spacial score (nSPS) is 16.0. The number of aromatic amines is 1. The van der Waals surface area contributed by atoms with Crippen LogP contribution in [0.4, 0.5) is 8.78 Å². The van der Waals surface area contributed by atoms with E-state index in [1.54, 1.807) is 4.52 Å². The number of imidazole rings is 1. The third-order valence-corrected chi connectivity index (χ3v) is 5.46. The number of fused-ring (bicyclic) bond motifs is 2. The molecule has 0 saturated heterocycles. The summed E-state index contributed by atoms with van der Waals surface area (Å²) in [5, 5.41) is 14.2. The molecule has 0 aliphatic carbocycles. The van der Waals surface area contributed by atoms with Crippen LogP contribution in [-0.4, -0.2) is 47.0 Å². The van der Waals surface area contributed by atoms with E-state index >= 15 is 0 Å². The van der Waals surface area contributed by atoms with Gasteiger partial charge in [-0.3, -0.25) is 4.79 Å². The number of alkyl halides is 2. The van der Waals surface area contributed by atoms with Gasteiger partial charge in [-0.2, -0.15) is 5.10 Å². The Morgan fingerprint density at radius 2 is 2.22 bits per heavy atom. The van der Waals surface area contributed by atoms with Gasteiger partial charge in [0.2, 0.25) is 5.76 Å². The van der Waals surface area contributed by atoms with E-state index in [1.165, 1.54) is 11.2 Å². The number of aliphatic hydroxyl groups is 1. The Bertz CT molecular complexity index is 1350. The lowest BCUT2D eigenvalue weighted by atomic mass is 9.99. The molecule has 2 N–H and O–H groups in total. The lowest BCUT2D eigenvalue weighted by Gasteiger charge is -2.33. The van der Waals surface area contributed by atoms with Gasteiger partial charge in [-0.25, -0.2) is 23.3 Å². The van der Waals surface area contributed by atoms with Crippen molar-refractivity contribution in [3.63, 3.8) is 0 Å². The maximum atomic E-state index is 13.6. The van der Waals surface area contributed by atoms with Gasteiger partial charge in [-0.15, -0.1) is 0 Å². The summed E-state index contributed by atoms with van der Waals surface area (Å²) in [5.74, 6) is -2.62. The molecule has 5 rings (SSSR count). The first-order valence-electron chi connectivity index (χ1n) is 9.80. The third-order valence-electron chi connectivity index (χ3n) is 5.46. The molecule has 1 amide bonds. The number of hydrogen-bond donors (Lipinski definition) is 2. The number of nitrogens with zero attached hydrogens (tertiary/aromatic N) is 5. The van der Waals surface area contributed by atoms with Gasteiger partial charge in [0.05, 0.1) is 23.2 Å². The summed E-state index contributed by atoms with van der Waals surface area (Å²) in [5.41, 5.74) is 2.82. The van der Waals surface area contributed by atoms with Gasteiger partial charge in [0.25, 0.3) is 18.2 Å². The number of pyridine rings is 1. The van der Waals surface area contributed by atoms with Crippen molar-refractivity contribution in [3.05, 3.63) is 77.3 Å². The Morgan fingerprint density at radius 3 is 2.94 bits per heavy atom. The van der Waals surface area contributed by atoms with E-state index < -0.39 is 41.5 Å². The first kappa shape index (κ1) is 19.9. The van der Waals surface area contributed by atoms with Gasteiger partial charge in [0, 0.05) is 24.4 Å². The van der Waals surface area contributed by atoms with Crippen molar-refractivity contribution < 1.29 is 23.1 Å². The van der Waals surface area contributed by atoms with Crippen molar-refractivity contribution in [3.8, 4) is 0 Å². The highest BCUT2D eigenvalue weighted by Gasteiger charge is 2.39. The first-order chi connectivity index (χ1) is 15.3. The second-order valence-corrected chi connectivity index (χ2v) is 7.47. The molecule has 0 spiro atoms. The van der Waals surface area contributed by atoms with Gasteiger partial charge >= 0.3 is 0 Å². The molecule has 1 unspecified atom stereocenters. The highest BCUT2D eigenvalue weighted by molar-refractivity contribution is 5.93. The highest BCUT2D eigenvalue weighted by atomic mass is 19.3. The molecule has 4 aromatic rings. The van der Waals surface area contributed by atoms with Crippen LogP contribution in [-0.2, 0) is 6.42 Å². The number of aliphatic hydroxyl groups excluding tert-OH is 1. The number of nitrogens with one attached hydrogen (secondary N) is 1. The number of hydrogen-bond acceptors (Lipinski definition) is 6. The predicted octanol–water partition coefficient (Wildman–Crippen LogP) is 3.61. The summed E-state index contributed by atoms with van der Waals surface area (Å²) in [6.07, 6.45) is -1.10. The number of rotatable bonds is 4. The van der Waals surface area contributed by atoms with Crippen molar-refractivity contribution in [2.75, 3.05) is 6.54 Å². The number of H-pyrrole nitrogens is 1. The van der Waals surface area contributed by atoms with E-state index in [1.807, 2.05) is 31.2 Å². The van der Waals surface area contributed by atoms with Crippen LogP contribution in [0.1, 0.15) is 57.4 Å². The smallest absolute Gasteiger partial charge is 0.292 e. The molecule has 1 aliphatic rings. The van der Waals surface area contributed by atoms with Crippen LogP contribution < -0.4 is 0 Å². The molecule has 1 aliphatic heterocycles. The van der Waals surface area contributed by atoms with Crippen molar-refractivity contribution in [1.82, 2.24) is 29.5 Å². The lowest BCUT2D eigenvalue weighted by Crippen LogP contribution is -2.41. The number of amides is 1. The molecule has 32 heavy (non-hydrogen) atoms. The van der Waals surface area contributed by atoms with Crippen molar-refractivity contribution in [2.24, 2.45) is 0 Å². The molecule has 164 valence electrons. The number of oxazole rings is 1. The minimum absolute atomic E-state index is 0.213. The fourth-order valence-corrected chi connectivity index (χ4v) is 3.99. The van der Waals surface area contributed by atoms with Crippen LogP contribution >= 0.6 is 0 Å². The minimum atomic E-state index is -3.08. The van der Waals surface area contributed by atoms with Crippen molar-refractivity contribution in [1.29, 1.82) is 0 Å². The zero-order chi connectivity index (χ0) is 22.6. The van der Waals surface area contributed by atoms with E-state index in [2.05, 4.69) is 26.6 Å². The molecule has 0 radical (unpaired) electrons. The Balaban J connectivity index is 1.63. The minimum Gasteiger partial charge on any atom is -0.503 e. The number of aryl methyl sites for hydroxylation is 1. The predicted molar refractivity (Wildman–Crippen MR) is 108 cm³/mol. The largest absolute Gasteiger partial charge is 0.503 e. The Morgan fingerprint density at radius 1 is 1.41 bits per heavy atom. The molecule has 0 saturated carbocycles. The van der Waals surface area contributed by atoms with E-state index in [-0.39, 0.29) is 6.54 Å². The molecule has 5 heterocycles. The first-order valence-corrected chi connectivity index (χ1v) is 9.80. The third kappa shape index (κ3) is 3.04. The SMILES string of the molecule is C=C(O)c1nc(C(F)F)c(C(=O)N2CCc3[nH]cnc3C2c2cc3cccc(C)n3n2)o1.